The van der Waals surface area contributed by atoms with E-state index in [4.69, 9.17) is 0 Å². The first-order valence-corrected chi connectivity index (χ1v) is 6.16. The topological polar surface area (TPSA) is 81.4 Å². The maximum absolute atomic E-state index is 4.17. The van der Waals surface area contributed by atoms with Gasteiger partial charge in [0.25, 0.3) is 0 Å². The second-order valence-corrected chi connectivity index (χ2v) is 4.31. The fourth-order valence-electron chi connectivity index (χ4n) is 1.91. The van der Waals surface area contributed by atoms with E-state index in [1.807, 2.05) is 25.1 Å². The van der Waals surface area contributed by atoms with Gasteiger partial charge < -0.3 is 5.32 Å². The van der Waals surface area contributed by atoms with Crippen molar-refractivity contribution in [3.8, 4) is 5.69 Å². The Bertz CT molecular complexity index is 679. The molecule has 0 radical (unpaired) electrons. The highest BCUT2D eigenvalue weighted by Crippen LogP contribution is 2.18. The van der Waals surface area contributed by atoms with Gasteiger partial charge >= 0.3 is 0 Å². The van der Waals surface area contributed by atoms with Crippen LogP contribution in [0, 0.1) is 6.92 Å². The first kappa shape index (κ1) is 12.2. The van der Waals surface area contributed by atoms with Crippen LogP contribution in [0.1, 0.15) is 11.3 Å². The molecule has 2 aromatic heterocycles. The number of aromatic nitrogens is 6. The van der Waals surface area contributed by atoms with Gasteiger partial charge in [0.1, 0.15) is 12.7 Å². The van der Waals surface area contributed by atoms with Crippen molar-refractivity contribution in [3.63, 3.8) is 0 Å². The van der Waals surface area contributed by atoms with Crippen LogP contribution in [-0.4, -0.2) is 30.2 Å². The molecule has 0 aliphatic rings. The fourth-order valence-corrected chi connectivity index (χ4v) is 1.91. The quantitative estimate of drug-likeness (QED) is 0.769. The molecular formula is C13H13N7. The number of hydrogen-bond donors (Lipinski definition) is 1. The van der Waals surface area contributed by atoms with Crippen molar-refractivity contribution in [2.45, 2.75) is 13.5 Å². The number of nitrogens with zero attached hydrogens (tertiary/aromatic N) is 6. The molecule has 2 heterocycles. The van der Waals surface area contributed by atoms with E-state index in [9.17, 15) is 0 Å². The summed E-state index contributed by atoms with van der Waals surface area (Å²) in [6.07, 6.45) is 4.86. The Morgan fingerprint density at radius 3 is 2.90 bits per heavy atom. The zero-order chi connectivity index (χ0) is 13.8. The van der Waals surface area contributed by atoms with E-state index in [1.165, 1.54) is 0 Å². The highest BCUT2D eigenvalue weighted by atomic mass is 15.5. The first-order valence-electron chi connectivity index (χ1n) is 6.16. The van der Waals surface area contributed by atoms with Gasteiger partial charge in [0.05, 0.1) is 17.9 Å². The lowest BCUT2D eigenvalue weighted by atomic mass is 10.2. The molecule has 0 fully saturated rings. The summed E-state index contributed by atoms with van der Waals surface area (Å²) in [5.74, 6) is 0. The van der Waals surface area contributed by atoms with Gasteiger partial charge in [0.2, 0.25) is 0 Å². The Balaban J connectivity index is 1.74. The zero-order valence-corrected chi connectivity index (χ0v) is 10.9. The molecule has 0 unspecified atom stereocenters. The molecule has 20 heavy (non-hydrogen) atoms. The molecule has 7 nitrogen and oxygen atoms in total. The van der Waals surface area contributed by atoms with Gasteiger partial charge in [0, 0.05) is 11.9 Å². The maximum atomic E-state index is 4.17. The number of aryl methyl sites for hydroxylation is 1. The van der Waals surface area contributed by atoms with Gasteiger partial charge in [-0.25, -0.2) is 14.6 Å². The average Bonchev–Trinajstić information content (AvgIpc) is 3.00. The lowest BCUT2D eigenvalue weighted by molar-refractivity contribution is 0.785. The third-order valence-electron chi connectivity index (χ3n) is 2.91. The number of benzene rings is 1. The van der Waals surface area contributed by atoms with Gasteiger partial charge in [-0.2, -0.15) is 0 Å². The fraction of sp³-hybridized carbons (Fsp3) is 0.154. The molecule has 3 aromatic rings. The van der Waals surface area contributed by atoms with Crippen molar-refractivity contribution in [1.82, 2.24) is 30.2 Å². The molecule has 0 amide bonds. The number of tetrazole rings is 1. The van der Waals surface area contributed by atoms with Crippen molar-refractivity contribution in [2.75, 3.05) is 5.32 Å². The third-order valence-corrected chi connectivity index (χ3v) is 2.91. The highest BCUT2D eigenvalue weighted by Gasteiger charge is 2.03. The van der Waals surface area contributed by atoms with Gasteiger partial charge in [0.15, 0.2) is 0 Å². The van der Waals surface area contributed by atoms with Crippen LogP contribution in [0.2, 0.25) is 0 Å². The second-order valence-electron chi connectivity index (χ2n) is 4.31. The Kier molecular flexibility index (Phi) is 3.32. The van der Waals surface area contributed by atoms with Crippen molar-refractivity contribution < 1.29 is 0 Å². The maximum Gasteiger partial charge on any atom is 0.143 e. The van der Waals surface area contributed by atoms with Crippen LogP contribution >= 0.6 is 0 Å². The smallest absolute Gasteiger partial charge is 0.143 e. The summed E-state index contributed by atoms with van der Waals surface area (Å²) in [6, 6.07) is 7.91. The molecule has 0 aliphatic carbocycles. The summed E-state index contributed by atoms with van der Waals surface area (Å²) in [5, 5.41) is 14.5. The van der Waals surface area contributed by atoms with E-state index in [0.717, 1.165) is 22.6 Å². The molecule has 3 rings (SSSR count). The summed E-state index contributed by atoms with van der Waals surface area (Å²) in [5.41, 5.74) is 4.02. The lowest BCUT2D eigenvalue weighted by Crippen LogP contribution is -2.03. The van der Waals surface area contributed by atoms with Crippen LogP contribution in [0.4, 0.5) is 5.69 Å². The molecular weight excluding hydrogens is 254 g/mol. The van der Waals surface area contributed by atoms with Crippen LogP contribution in [0.15, 0.2) is 43.1 Å². The van der Waals surface area contributed by atoms with E-state index in [0.29, 0.717) is 6.54 Å². The minimum Gasteiger partial charge on any atom is -0.379 e. The van der Waals surface area contributed by atoms with E-state index < -0.39 is 0 Å². The van der Waals surface area contributed by atoms with Crippen LogP contribution < -0.4 is 5.32 Å². The van der Waals surface area contributed by atoms with Gasteiger partial charge in [-0.1, -0.05) is 0 Å². The molecule has 1 aromatic carbocycles. The lowest BCUT2D eigenvalue weighted by Gasteiger charge is -2.09. The van der Waals surface area contributed by atoms with Crippen LogP contribution in [0.5, 0.6) is 0 Å². The molecule has 100 valence electrons. The number of nitrogens with one attached hydrogen (secondary N) is 1. The Hall–Kier alpha value is -2.83. The van der Waals surface area contributed by atoms with Crippen molar-refractivity contribution in [1.29, 1.82) is 0 Å². The Morgan fingerprint density at radius 2 is 2.20 bits per heavy atom. The predicted molar refractivity (Wildman–Crippen MR) is 73.2 cm³/mol. The molecule has 0 saturated heterocycles. The highest BCUT2D eigenvalue weighted by molar-refractivity contribution is 5.53. The standard InChI is InChI=1S/C13H13N7/c1-10-6-11(15-7-12-4-5-14-8-16-12)2-3-13(10)20-9-17-18-19-20/h2-6,8-9,15H,7H2,1H3. The van der Waals surface area contributed by atoms with Crippen molar-refractivity contribution in [3.05, 3.63) is 54.4 Å². The van der Waals surface area contributed by atoms with Crippen LogP contribution in [-0.2, 0) is 6.54 Å². The van der Waals surface area contributed by atoms with Crippen LogP contribution in [0.25, 0.3) is 5.69 Å². The van der Waals surface area contributed by atoms with Gasteiger partial charge in [-0.05, 0) is 47.2 Å². The molecule has 0 atom stereocenters. The molecule has 0 bridgehead atoms. The average molecular weight is 267 g/mol. The Labute approximate surface area is 115 Å². The zero-order valence-electron chi connectivity index (χ0n) is 10.9. The molecule has 0 saturated carbocycles. The minimum absolute atomic E-state index is 0.659. The SMILES string of the molecule is Cc1cc(NCc2ccncn2)ccc1-n1cnnn1. The summed E-state index contributed by atoms with van der Waals surface area (Å²) in [7, 11) is 0. The Morgan fingerprint density at radius 1 is 1.25 bits per heavy atom. The molecule has 0 aliphatic heterocycles. The van der Waals surface area contributed by atoms with Crippen molar-refractivity contribution >= 4 is 5.69 Å². The van der Waals surface area contributed by atoms with Crippen LogP contribution in [0.3, 0.4) is 0 Å². The van der Waals surface area contributed by atoms with E-state index >= 15 is 0 Å². The summed E-state index contributed by atoms with van der Waals surface area (Å²) >= 11 is 0. The van der Waals surface area contributed by atoms with E-state index in [1.54, 1.807) is 23.5 Å². The van der Waals surface area contributed by atoms with Gasteiger partial charge in [-0.15, -0.1) is 5.10 Å². The van der Waals surface area contributed by atoms with E-state index in [-0.39, 0.29) is 0 Å². The van der Waals surface area contributed by atoms with Gasteiger partial charge in [-0.3, -0.25) is 0 Å². The first-order chi connectivity index (χ1) is 9.83. The molecule has 0 spiro atoms. The number of anilines is 1. The third kappa shape index (κ3) is 2.61. The number of rotatable bonds is 4. The minimum atomic E-state index is 0.659. The number of hydrogen-bond acceptors (Lipinski definition) is 6. The summed E-state index contributed by atoms with van der Waals surface area (Å²) < 4.78 is 1.64. The van der Waals surface area contributed by atoms with E-state index in [2.05, 4.69) is 36.9 Å². The normalized spacial score (nSPS) is 10.4. The predicted octanol–water partition coefficient (Wildman–Crippen LogP) is 1.37. The molecule has 7 heteroatoms. The largest absolute Gasteiger partial charge is 0.379 e. The van der Waals surface area contributed by atoms with Crippen molar-refractivity contribution in [2.24, 2.45) is 0 Å². The second kappa shape index (κ2) is 5.43. The summed E-state index contributed by atoms with van der Waals surface area (Å²) in [4.78, 5) is 8.06. The summed E-state index contributed by atoms with van der Waals surface area (Å²) in [6.45, 7) is 2.68. The monoisotopic (exact) mass is 267 g/mol. The molecule has 1 N–H and O–H groups in total.